The molecule has 3 nitrogen and oxygen atoms in total. The topological polar surface area (TPSA) is 22.2 Å². The van der Waals surface area contributed by atoms with Crippen molar-refractivity contribution in [3.05, 3.63) is 97.1 Å². The van der Waals surface area contributed by atoms with Gasteiger partial charge >= 0.3 is 0 Å². The summed E-state index contributed by atoms with van der Waals surface area (Å²) in [5.74, 6) is 0.991. The third-order valence-corrected chi connectivity index (χ3v) is 6.20. The molecule has 0 aliphatic carbocycles. The lowest BCUT2D eigenvalue weighted by atomic mass is 10.00. The van der Waals surface area contributed by atoms with Gasteiger partial charge in [-0.05, 0) is 67.3 Å². The zero-order valence-corrected chi connectivity index (χ0v) is 18.6. The van der Waals surface area contributed by atoms with E-state index >= 15 is 0 Å². The zero-order valence-electron chi connectivity index (χ0n) is 18.6. The van der Waals surface area contributed by atoms with E-state index in [0.29, 0.717) is 0 Å². The van der Waals surface area contributed by atoms with Crippen LogP contribution < -0.4 is 0 Å². The van der Waals surface area contributed by atoms with Crippen molar-refractivity contribution in [3.63, 3.8) is 0 Å². The van der Waals surface area contributed by atoms with Crippen molar-refractivity contribution >= 4 is 27.8 Å². The summed E-state index contributed by atoms with van der Waals surface area (Å²) < 4.78 is 4.66. The fraction of sp³-hybridized carbons (Fsp3) is 0.138. The SMILES string of the molecule is CC(C)(C)n1c2ccc(-c3ccc(-c4ccccc4)cc3)cc2n2c3ccccc3nc12. The molecule has 2 heterocycles. The predicted molar refractivity (Wildman–Crippen MR) is 134 cm³/mol. The molecule has 0 fully saturated rings. The quantitative estimate of drug-likeness (QED) is 0.286. The molecule has 0 amide bonds. The van der Waals surface area contributed by atoms with Crippen LogP contribution in [0.15, 0.2) is 97.1 Å². The van der Waals surface area contributed by atoms with Gasteiger partial charge in [-0.15, -0.1) is 0 Å². The molecule has 0 bridgehead atoms. The van der Waals surface area contributed by atoms with E-state index in [1.807, 2.05) is 0 Å². The molecule has 0 saturated heterocycles. The Bertz CT molecular complexity index is 1580. The van der Waals surface area contributed by atoms with Gasteiger partial charge in [-0.25, -0.2) is 4.98 Å². The van der Waals surface area contributed by atoms with Gasteiger partial charge in [-0.2, -0.15) is 0 Å². The van der Waals surface area contributed by atoms with Crippen molar-refractivity contribution < 1.29 is 0 Å². The molecule has 0 atom stereocenters. The van der Waals surface area contributed by atoms with Crippen LogP contribution in [-0.2, 0) is 5.54 Å². The van der Waals surface area contributed by atoms with E-state index in [1.54, 1.807) is 0 Å². The highest BCUT2D eigenvalue weighted by atomic mass is 15.2. The lowest BCUT2D eigenvalue weighted by Gasteiger charge is -2.22. The number of benzene rings is 4. The molecule has 0 spiro atoms. The Hall–Kier alpha value is -3.85. The molecule has 0 unspecified atom stereocenters. The molecule has 3 heteroatoms. The average molecular weight is 416 g/mol. The van der Waals surface area contributed by atoms with E-state index in [1.165, 1.54) is 33.3 Å². The minimum atomic E-state index is -0.0801. The Morgan fingerprint density at radius 3 is 1.88 bits per heavy atom. The van der Waals surface area contributed by atoms with Crippen molar-refractivity contribution in [1.29, 1.82) is 0 Å². The summed E-state index contributed by atoms with van der Waals surface area (Å²) >= 11 is 0. The van der Waals surface area contributed by atoms with Crippen molar-refractivity contribution in [2.24, 2.45) is 0 Å². The summed E-state index contributed by atoms with van der Waals surface area (Å²) in [7, 11) is 0. The molecule has 6 aromatic rings. The summed E-state index contributed by atoms with van der Waals surface area (Å²) in [5, 5.41) is 0. The standard InChI is InChI=1S/C29H25N3/c1-29(2,3)32-26-18-17-23(22-15-13-21(14-16-22)20-9-5-4-6-10-20)19-27(26)31-25-12-8-7-11-24(25)30-28(31)32/h4-19H,1-3H3. The summed E-state index contributed by atoms with van der Waals surface area (Å²) in [6, 6.07) is 34.5. The second-order valence-electron chi connectivity index (χ2n) is 9.39. The first kappa shape index (κ1) is 18.9. The van der Waals surface area contributed by atoms with Gasteiger partial charge in [0.15, 0.2) is 0 Å². The molecule has 0 radical (unpaired) electrons. The number of aromatic nitrogens is 3. The van der Waals surface area contributed by atoms with E-state index in [2.05, 4.69) is 127 Å². The first-order valence-electron chi connectivity index (χ1n) is 11.1. The maximum atomic E-state index is 4.99. The van der Waals surface area contributed by atoms with Gasteiger partial charge in [0.2, 0.25) is 5.78 Å². The minimum absolute atomic E-state index is 0.0801. The molecule has 0 aliphatic heterocycles. The molecule has 0 aliphatic rings. The van der Waals surface area contributed by atoms with Gasteiger partial charge in [0, 0.05) is 5.54 Å². The molecule has 0 N–H and O–H groups in total. The van der Waals surface area contributed by atoms with Crippen molar-refractivity contribution in [3.8, 4) is 22.3 Å². The number of hydrogen-bond donors (Lipinski definition) is 0. The molecule has 0 saturated carbocycles. The van der Waals surface area contributed by atoms with E-state index in [4.69, 9.17) is 4.98 Å². The van der Waals surface area contributed by atoms with Crippen LogP contribution >= 0.6 is 0 Å². The monoisotopic (exact) mass is 415 g/mol. The molecule has 6 rings (SSSR count). The van der Waals surface area contributed by atoms with Crippen molar-refractivity contribution in [1.82, 2.24) is 14.0 Å². The van der Waals surface area contributed by atoms with E-state index in [9.17, 15) is 0 Å². The highest BCUT2D eigenvalue weighted by Gasteiger charge is 2.23. The molecule has 2 aromatic heterocycles. The summed E-state index contributed by atoms with van der Waals surface area (Å²) in [6.07, 6.45) is 0. The molecule has 156 valence electrons. The van der Waals surface area contributed by atoms with Crippen molar-refractivity contribution in [2.75, 3.05) is 0 Å². The number of hydrogen-bond acceptors (Lipinski definition) is 1. The molecular formula is C29H25N3. The fourth-order valence-corrected chi connectivity index (χ4v) is 4.73. The van der Waals surface area contributed by atoms with Crippen LogP contribution in [0.25, 0.3) is 50.1 Å². The van der Waals surface area contributed by atoms with E-state index in [-0.39, 0.29) is 5.54 Å². The van der Waals surface area contributed by atoms with Gasteiger partial charge in [-0.1, -0.05) is 72.8 Å². The average Bonchev–Trinajstić information content (AvgIpc) is 3.33. The van der Waals surface area contributed by atoms with Crippen LogP contribution in [0.5, 0.6) is 0 Å². The number of para-hydroxylation sites is 2. The molecule has 32 heavy (non-hydrogen) atoms. The zero-order chi connectivity index (χ0) is 21.9. The summed E-state index contributed by atoms with van der Waals surface area (Å²) in [6.45, 7) is 6.71. The van der Waals surface area contributed by atoms with Gasteiger partial charge in [0.25, 0.3) is 0 Å². The first-order valence-corrected chi connectivity index (χ1v) is 11.1. The summed E-state index contributed by atoms with van der Waals surface area (Å²) in [5.41, 5.74) is 9.38. The number of rotatable bonds is 2. The Kier molecular flexibility index (Phi) is 4.03. The fourth-order valence-electron chi connectivity index (χ4n) is 4.73. The maximum absolute atomic E-state index is 4.99. The third kappa shape index (κ3) is 2.85. The number of nitrogens with zero attached hydrogens (tertiary/aromatic N) is 3. The van der Waals surface area contributed by atoms with Crippen LogP contribution in [0.1, 0.15) is 20.8 Å². The van der Waals surface area contributed by atoms with E-state index in [0.717, 1.165) is 16.8 Å². The van der Waals surface area contributed by atoms with Crippen LogP contribution in [0.4, 0.5) is 0 Å². The van der Waals surface area contributed by atoms with Crippen LogP contribution in [0.2, 0.25) is 0 Å². The third-order valence-electron chi connectivity index (χ3n) is 6.20. The van der Waals surface area contributed by atoms with Crippen molar-refractivity contribution in [2.45, 2.75) is 26.3 Å². The second-order valence-corrected chi connectivity index (χ2v) is 9.39. The maximum Gasteiger partial charge on any atom is 0.216 e. The Labute approximate surface area is 187 Å². The lowest BCUT2D eigenvalue weighted by Crippen LogP contribution is -2.21. The van der Waals surface area contributed by atoms with Gasteiger partial charge in [-0.3, -0.25) is 4.40 Å². The van der Waals surface area contributed by atoms with E-state index < -0.39 is 0 Å². The molecule has 4 aromatic carbocycles. The van der Waals surface area contributed by atoms with Gasteiger partial charge < -0.3 is 4.57 Å². The van der Waals surface area contributed by atoms with Gasteiger partial charge in [0.05, 0.1) is 22.1 Å². The van der Waals surface area contributed by atoms with Crippen LogP contribution in [0.3, 0.4) is 0 Å². The smallest absolute Gasteiger partial charge is 0.216 e. The van der Waals surface area contributed by atoms with Crippen LogP contribution in [-0.4, -0.2) is 14.0 Å². The largest absolute Gasteiger partial charge is 0.304 e. The Morgan fingerprint density at radius 1 is 0.562 bits per heavy atom. The highest BCUT2D eigenvalue weighted by molar-refractivity contribution is 5.93. The van der Waals surface area contributed by atoms with Gasteiger partial charge in [0.1, 0.15) is 0 Å². The lowest BCUT2D eigenvalue weighted by molar-refractivity contribution is 0.419. The number of fused-ring (bicyclic) bond motifs is 5. The minimum Gasteiger partial charge on any atom is -0.304 e. The molecular weight excluding hydrogens is 390 g/mol. The van der Waals surface area contributed by atoms with Crippen LogP contribution in [0, 0.1) is 0 Å². The Morgan fingerprint density at radius 2 is 1.16 bits per heavy atom. The normalized spacial score (nSPS) is 12.2. The first-order chi connectivity index (χ1) is 15.5. The Balaban J connectivity index is 1.56. The second kappa shape index (κ2) is 6.83. The summed E-state index contributed by atoms with van der Waals surface area (Å²) in [4.78, 5) is 4.99. The highest BCUT2D eigenvalue weighted by Crippen LogP contribution is 2.34. The predicted octanol–water partition coefficient (Wildman–Crippen LogP) is 7.53. The number of imidazole rings is 2.